The van der Waals surface area contributed by atoms with Gasteiger partial charge in [-0.15, -0.1) is 11.8 Å². The van der Waals surface area contributed by atoms with Gasteiger partial charge >= 0.3 is 11.9 Å². The third kappa shape index (κ3) is 4.73. The van der Waals surface area contributed by atoms with Crippen LogP contribution in [0.3, 0.4) is 0 Å². The lowest BCUT2D eigenvalue weighted by molar-refractivity contribution is -0.144. The molecule has 0 aliphatic carbocycles. The van der Waals surface area contributed by atoms with Crippen molar-refractivity contribution in [1.29, 1.82) is 0 Å². The van der Waals surface area contributed by atoms with Crippen molar-refractivity contribution in [3.05, 3.63) is 79.8 Å². The third-order valence-corrected chi connectivity index (χ3v) is 5.48. The van der Waals surface area contributed by atoms with Crippen molar-refractivity contribution in [2.75, 3.05) is 5.75 Å². The molecular formula is C20H13ClF4N2O4S. The Bertz CT molecular complexity index is 1300. The predicted molar refractivity (Wildman–Crippen MR) is 111 cm³/mol. The van der Waals surface area contributed by atoms with Crippen LogP contribution in [-0.2, 0) is 18.0 Å². The molecule has 6 nitrogen and oxygen atoms in total. The fraction of sp³-hybridized carbons (Fsp3) is 0.150. The number of thioether (sulfide) groups is 1. The highest BCUT2D eigenvalue weighted by Gasteiger charge is 2.35. The van der Waals surface area contributed by atoms with Crippen LogP contribution < -0.4 is 16.0 Å². The predicted octanol–water partition coefficient (Wildman–Crippen LogP) is 4.43. The van der Waals surface area contributed by atoms with Crippen LogP contribution in [0.25, 0.3) is 5.69 Å². The van der Waals surface area contributed by atoms with E-state index < -0.39 is 34.6 Å². The normalized spacial score (nSPS) is 11.4. The molecule has 0 aliphatic heterocycles. The van der Waals surface area contributed by atoms with Crippen molar-refractivity contribution in [2.24, 2.45) is 7.05 Å². The topological polar surface area (TPSA) is 70.3 Å². The number of carbonyl (C=O) groups is 1. The van der Waals surface area contributed by atoms with Gasteiger partial charge in [-0.1, -0.05) is 23.7 Å². The van der Waals surface area contributed by atoms with Crippen LogP contribution in [0.5, 0.6) is 11.5 Å². The molecule has 3 rings (SSSR count). The Morgan fingerprint density at radius 1 is 1.12 bits per heavy atom. The first kappa shape index (κ1) is 23.6. The van der Waals surface area contributed by atoms with Crippen molar-refractivity contribution in [3.8, 4) is 17.2 Å². The third-order valence-electron chi connectivity index (χ3n) is 4.23. The highest BCUT2D eigenvalue weighted by atomic mass is 35.5. The first-order valence-corrected chi connectivity index (χ1v) is 10.1. The van der Waals surface area contributed by atoms with Crippen LogP contribution in [0.1, 0.15) is 5.69 Å². The van der Waals surface area contributed by atoms with Crippen LogP contribution in [0, 0.1) is 5.82 Å². The number of hydrogen-bond donors (Lipinski definition) is 0. The number of aromatic nitrogens is 2. The molecule has 12 heteroatoms. The summed E-state index contributed by atoms with van der Waals surface area (Å²) in [7, 11) is 0.812. The summed E-state index contributed by atoms with van der Waals surface area (Å²) in [5.41, 5.74) is -4.90. The number of nitrogens with zero attached hydrogens (tertiary/aromatic N) is 2. The molecule has 0 saturated carbocycles. The maximum absolute atomic E-state index is 14.6. The number of benzene rings is 2. The fourth-order valence-electron chi connectivity index (χ4n) is 2.78. The summed E-state index contributed by atoms with van der Waals surface area (Å²) in [6.07, 6.45) is -4.26. The minimum absolute atomic E-state index is 0.139. The average Bonchev–Trinajstić information content (AvgIpc) is 2.72. The first-order valence-electron chi connectivity index (χ1n) is 8.77. The molecule has 0 radical (unpaired) electrons. The van der Waals surface area contributed by atoms with E-state index in [4.69, 9.17) is 16.3 Å². The Morgan fingerprint density at radius 2 is 1.81 bits per heavy atom. The van der Waals surface area contributed by atoms with Gasteiger partial charge in [0.05, 0.1) is 21.4 Å². The molecule has 3 aromatic rings. The van der Waals surface area contributed by atoms with Crippen LogP contribution in [-0.4, -0.2) is 21.2 Å². The van der Waals surface area contributed by atoms with Crippen LogP contribution in [0.2, 0.25) is 5.02 Å². The van der Waals surface area contributed by atoms with Gasteiger partial charge in [0.1, 0.15) is 29.3 Å². The summed E-state index contributed by atoms with van der Waals surface area (Å²) in [6.45, 7) is 0. The molecule has 0 spiro atoms. The second-order valence-corrected chi connectivity index (χ2v) is 7.77. The summed E-state index contributed by atoms with van der Waals surface area (Å²) in [4.78, 5) is 36.0. The lowest BCUT2D eigenvalue weighted by atomic mass is 10.2. The Morgan fingerprint density at radius 3 is 2.47 bits per heavy atom. The van der Waals surface area contributed by atoms with Gasteiger partial charge in [0, 0.05) is 19.2 Å². The van der Waals surface area contributed by atoms with E-state index in [1.165, 1.54) is 0 Å². The van der Waals surface area contributed by atoms with E-state index >= 15 is 0 Å². The first-order chi connectivity index (χ1) is 15.0. The quantitative estimate of drug-likeness (QED) is 0.292. The molecule has 0 fully saturated rings. The Hall–Kier alpha value is -3.05. The number of alkyl halides is 3. The highest BCUT2D eigenvalue weighted by molar-refractivity contribution is 8.00. The van der Waals surface area contributed by atoms with Crippen molar-refractivity contribution in [1.82, 2.24) is 9.13 Å². The van der Waals surface area contributed by atoms with Crippen LogP contribution in [0.15, 0.2) is 56.9 Å². The van der Waals surface area contributed by atoms with Gasteiger partial charge in [-0.3, -0.25) is 9.36 Å². The maximum Gasteiger partial charge on any atom is 0.431 e. The van der Waals surface area contributed by atoms with E-state index in [2.05, 4.69) is 0 Å². The molecular weight excluding hydrogens is 476 g/mol. The molecule has 168 valence electrons. The van der Waals surface area contributed by atoms with Gasteiger partial charge in [0.2, 0.25) is 0 Å². The monoisotopic (exact) mass is 488 g/mol. The van der Waals surface area contributed by atoms with Crippen LogP contribution >= 0.6 is 23.4 Å². The average molecular weight is 489 g/mol. The zero-order valence-electron chi connectivity index (χ0n) is 16.2. The van der Waals surface area contributed by atoms with Gasteiger partial charge < -0.3 is 9.53 Å². The van der Waals surface area contributed by atoms with Crippen molar-refractivity contribution >= 4 is 29.6 Å². The largest absolute Gasteiger partial charge is 0.455 e. The van der Waals surface area contributed by atoms with E-state index in [0.717, 1.165) is 30.9 Å². The van der Waals surface area contributed by atoms with Gasteiger partial charge in [-0.05, 0) is 18.2 Å². The second-order valence-electron chi connectivity index (χ2n) is 6.30. The minimum Gasteiger partial charge on any atom is -0.455 e. The molecule has 0 amide bonds. The fourth-order valence-corrected chi connectivity index (χ4v) is 3.65. The molecule has 0 unspecified atom stereocenters. The molecule has 0 aliphatic rings. The summed E-state index contributed by atoms with van der Waals surface area (Å²) in [5.74, 6) is -0.882. The summed E-state index contributed by atoms with van der Waals surface area (Å²) >= 11 is 7.21. The number of aldehydes is 1. The molecule has 0 bridgehead atoms. The van der Waals surface area contributed by atoms with Gasteiger partial charge in [0.15, 0.2) is 0 Å². The Labute approximate surface area is 187 Å². The SMILES string of the molecule is Cn1c(C(F)(F)F)cc(=O)n(-c2cc(Oc3ccccc3SCC=O)c(Cl)cc2F)c1=O. The van der Waals surface area contributed by atoms with Gasteiger partial charge in [0.25, 0.3) is 5.56 Å². The van der Waals surface area contributed by atoms with Gasteiger partial charge in [-0.25, -0.2) is 13.8 Å². The molecule has 1 aromatic heterocycles. The number of rotatable bonds is 6. The smallest absolute Gasteiger partial charge is 0.431 e. The number of hydrogen-bond acceptors (Lipinski definition) is 5. The standard InChI is InChI=1S/C20H13ClF4N2O4S/c1-26-17(20(23,24)25)10-18(29)27(19(26)30)13-9-15(11(21)8-12(13)22)31-14-4-2-3-5-16(14)32-7-6-28/h2-6,8-10H,7H2,1H3. The van der Waals surface area contributed by atoms with E-state index in [-0.39, 0.29) is 37.5 Å². The molecule has 0 saturated heterocycles. The number of halogens is 5. The van der Waals surface area contributed by atoms with E-state index in [1.807, 2.05) is 0 Å². The van der Waals surface area contributed by atoms with E-state index in [0.29, 0.717) is 11.2 Å². The Balaban J connectivity index is 2.14. The van der Waals surface area contributed by atoms with Crippen molar-refractivity contribution < 1.29 is 27.1 Å². The molecule has 32 heavy (non-hydrogen) atoms. The molecule has 0 atom stereocenters. The summed E-state index contributed by atoms with van der Waals surface area (Å²) < 4.78 is 60.0. The summed E-state index contributed by atoms with van der Waals surface area (Å²) in [6, 6.07) is 8.46. The highest BCUT2D eigenvalue weighted by Crippen LogP contribution is 2.37. The number of carbonyl (C=O) groups excluding carboxylic acids is 1. The molecule has 0 N–H and O–H groups in total. The lowest BCUT2D eigenvalue weighted by Crippen LogP contribution is -2.41. The molecule has 1 heterocycles. The zero-order valence-corrected chi connectivity index (χ0v) is 17.7. The van der Waals surface area contributed by atoms with Crippen LogP contribution in [0.4, 0.5) is 17.6 Å². The molecule has 2 aromatic carbocycles. The lowest BCUT2D eigenvalue weighted by Gasteiger charge is -2.16. The van der Waals surface area contributed by atoms with E-state index in [9.17, 15) is 31.9 Å². The maximum atomic E-state index is 14.6. The van der Waals surface area contributed by atoms with Crippen molar-refractivity contribution in [2.45, 2.75) is 11.1 Å². The minimum atomic E-state index is -4.96. The summed E-state index contributed by atoms with van der Waals surface area (Å²) in [5, 5.41) is -0.210. The zero-order chi connectivity index (χ0) is 23.6. The van der Waals surface area contributed by atoms with Crippen molar-refractivity contribution in [3.63, 3.8) is 0 Å². The van der Waals surface area contributed by atoms with Gasteiger partial charge in [-0.2, -0.15) is 13.2 Å². The second kappa shape index (κ2) is 9.21. The number of ether oxygens (including phenoxy) is 1. The Kier molecular flexibility index (Phi) is 6.79. The van der Waals surface area contributed by atoms with E-state index in [1.54, 1.807) is 24.3 Å². The number of para-hydroxylation sites is 1.